The minimum absolute atomic E-state index is 0.0671. The first kappa shape index (κ1) is 24.9. The number of rotatable bonds is 12. The van der Waals surface area contributed by atoms with Crippen LogP contribution in [0.5, 0.6) is 0 Å². The number of nitrogens with one attached hydrogen (secondary N) is 3. The molecule has 0 aromatic rings. The van der Waals surface area contributed by atoms with Crippen LogP contribution in [-0.2, 0) is 24.0 Å². The summed E-state index contributed by atoms with van der Waals surface area (Å²) < 4.78 is 0. The second-order valence-electron chi connectivity index (χ2n) is 6.85. The Kier molecular flexibility index (Phi) is 10.6. The molecule has 0 saturated carbocycles. The van der Waals surface area contributed by atoms with Crippen LogP contribution in [0.4, 0.5) is 0 Å². The predicted octanol–water partition coefficient (Wildman–Crippen LogP) is -1.49. The number of nitrogens with two attached hydrogens (primary N) is 1. The van der Waals surface area contributed by atoms with Gasteiger partial charge in [-0.15, -0.1) is 11.8 Å². The molecule has 1 heterocycles. The minimum Gasteiger partial charge on any atom is -0.480 e. The quantitative estimate of drug-likeness (QED) is 0.157. The Bertz CT molecular complexity index is 619. The molecule has 1 fully saturated rings. The highest BCUT2D eigenvalue weighted by molar-refractivity contribution is 8.00. The topological polar surface area (TPSA) is 188 Å². The number of thioether (sulfide) groups is 1. The minimum atomic E-state index is -1.18. The SMILES string of the molecule is CC1CS[C@H]([C@@H](C=O)NC(=O)CCCC[C@H](NC(=O)CN)C(=O)O)NC1C(=O)O. The van der Waals surface area contributed by atoms with Gasteiger partial charge in [-0.05, 0) is 24.5 Å². The van der Waals surface area contributed by atoms with Crippen LogP contribution in [0.3, 0.4) is 0 Å². The number of aliphatic carboxylic acids is 2. The molecule has 0 aromatic heterocycles. The number of carbonyl (C=O) groups is 5. The average molecular weight is 432 g/mol. The molecular formula is C17H28N4O7S. The van der Waals surface area contributed by atoms with Crippen LogP contribution in [0.2, 0.25) is 0 Å². The molecule has 0 spiro atoms. The predicted molar refractivity (Wildman–Crippen MR) is 105 cm³/mol. The maximum absolute atomic E-state index is 12.1. The van der Waals surface area contributed by atoms with E-state index in [4.69, 9.17) is 10.8 Å². The smallest absolute Gasteiger partial charge is 0.326 e. The number of amides is 2. The van der Waals surface area contributed by atoms with Crippen molar-refractivity contribution in [3.63, 3.8) is 0 Å². The summed E-state index contributed by atoms with van der Waals surface area (Å²) >= 11 is 1.37. The third-order valence-electron chi connectivity index (χ3n) is 4.48. The third kappa shape index (κ3) is 8.38. The van der Waals surface area contributed by atoms with Crippen molar-refractivity contribution in [3.05, 3.63) is 0 Å². The fourth-order valence-corrected chi connectivity index (χ4v) is 4.13. The van der Waals surface area contributed by atoms with E-state index >= 15 is 0 Å². The van der Waals surface area contributed by atoms with E-state index in [9.17, 15) is 29.1 Å². The van der Waals surface area contributed by atoms with Gasteiger partial charge in [-0.25, -0.2) is 4.79 Å². The van der Waals surface area contributed by atoms with Gasteiger partial charge < -0.3 is 31.4 Å². The first-order chi connectivity index (χ1) is 13.7. The number of aldehydes is 1. The van der Waals surface area contributed by atoms with Crippen LogP contribution in [0, 0.1) is 5.92 Å². The number of carboxylic acid groups (broad SMARTS) is 2. The Labute approximate surface area is 172 Å². The molecule has 29 heavy (non-hydrogen) atoms. The van der Waals surface area contributed by atoms with E-state index in [0.717, 1.165) is 0 Å². The van der Waals surface area contributed by atoms with E-state index < -0.39 is 47.3 Å². The highest BCUT2D eigenvalue weighted by Crippen LogP contribution is 2.25. The molecule has 12 heteroatoms. The molecule has 2 amide bonds. The second-order valence-corrected chi connectivity index (χ2v) is 8.03. The van der Waals surface area contributed by atoms with Crippen molar-refractivity contribution in [3.8, 4) is 0 Å². The standard InChI is InChI=1S/C17H28N4O7S/c1-9-8-29-15(21-14(9)17(27)28)11(7-22)20-12(23)5-3-2-4-10(16(25)26)19-13(24)6-18/h7,9-11,14-15,21H,2-6,8,18H2,1H3,(H,19,24)(H,20,23)(H,25,26)(H,27,28)/t9?,10-,11+,14?,15+/m0/s1. The summed E-state index contributed by atoms with van der Waals surface area (Å²) in [7, 11) is 0. The summed E-state index contributed by atoms with van der Waals surface area (Å²) in [6, 6.07) is -2.75. The highest BCUT2D eigenvalue weighted by Gasteiger charge is 2.36. The monoisotopic (exact) mass is 432 g/mol. The molecule has 0 aromatic carbocycles. The maximum Gasteiger partial charge on any atom is 0.326 e. The summed E-state index contributed by atoms with van der Waals surface area (Å²) in [5.41, 5.74) is 5.14. The van der Waals surface area contributed by atoms with Crippen LogP contribution in [0.25, 0.3) is 0 Å². The molecule has 164 valence electrons. The molecule has 1 aliphatic heterocycles. The Morgan fingerprint density at radius 1 is 1.21 bits per heavy atom. The highest BCUT2D eigenvalue weighted by atomic mass is 32.2. The number of unbranched alkanes of at least 4 members (excludes halogenated alkanes) is 1. The second kappa shape index (κ2) is 12.4. The molecule has 0 radical (unpaired) electrons. The van der Waals surface area contributed by atoms with Gasteiger partial charge in [-0.3, -0.25) is 19.7 Å². The Morgan fingerprint density at radius 2 is 1.90 bits per heavy atom. The molecule has 2 unspecified atom stereocenters. The van der Waals surface area contributed by atoms with E-state index in [1.807, 2.05) is 0 Å². The van der Waals surface area contributed by atoms with Crippen molar-refractivity contribution in [1.29, 1.82) is 0 Å². The van der Waals surface area contributed by atoms with Crippen molar-refractivity contribution >= 4 is 41.8 Å². The lowest BCUT2D eigenvalue weighted by atomic mass is 10.0. The number of carbonyl (C=O) groups excluding carboxylic acids is 3. The molecule has 0 aliphatic carbocycles. The van der Waals surface area contributed by atoms with Gasteiger partial charge in [0.15, 0.2) is 0 Å². The molecule has 1 aliphatic rings. The van der Waals surface area contributed by atoms with Crippen molar-refractivity contribution in [2.24, 2.45) is 11.7 Å². The van der Waals surface area contributed by atoms with Crippen molar-refractivity contribution in [2.75, 3.05) is 12.3 Å². The van der Waals surface area contributed by atoms with Gasteiger partial charge in [0.25, 0.3) is 0 Å². The van der Waals surface area contributed by atoms with Crippen molar-refractivity contribution < 1.29 is 34.2 Å². The molecular weight excluding hydrogens is 404 g/mol. The van der Waals surface area contributed by atoms with Crippen LogP contribution < -0.4 is 21.7 Å². The molecule has 11 nitrogen and oxygen atoms in total. The summed E-state index contributed by atoms with van der Waals surface area (Å²) in [4.78, 5) is 57.1. The summed E-state index contributed by atoms with van der Waals surface area (Å²) in [6.07, 6.45) is 1.51. The Morgan fingerprint density at radius 3 is 2.45 bits per heavy atom. The normalized spacial score (nSPS) is 23.4. The van der Waals surface area contributed by atoms with E-state index in [0.29, 0.717) is 24.9 Å². The van der Waals surface area contributed by atoms with E-state index in [1.165, 1.54) is 11.8 Å². The van der Waals surface area contributed by atoms with Gasteiger partial charge >= 0.3 is 11.9 Å². The van der Waals surface area contributed by atoms with Gasteiger partial charge in [0.1, 0.15) is 24.4 Å². The van der Waals surface area contributed by atoms with E-state index in [-0.39, 0.29) is 25.3 Å². The van der Waals surface area contributed by atoms with E-state index in [2.05, 4.69) is 16.0 Å². The van der Waals surface area contributed by atoms with Crippen LogP contribution in [-0.4, -0.2) is 76.0 Å². The van der Waals surface area contributed by atoms with Crippen molar-refractivity contribution in [1.82, 2.24) is 16.0 Å². The molecule has 0 bridgehead atoms. The summed E-state index contributed by atoms with van der Waals surface area (Å²) in [6.45, 7) is 1.48. The van der Waals surface area contributed by atoms with Crippen LogP contribution in [0.1, 0.15) is 32.6 Å². The third-order valence-corrected chi connectivity index (χ3v) is 5.99. The lowest BCUT2D eigenvalue weighted by Gasteiger charge is -2.35. The van der Waals surface area contributed by atoms with Gasteiger partial charge in [0, 0.05) is 6.42 Å². The number of hydrogen-bond donors (Lipinski definition) is 6. The molecule has 5 atom stereocenters. The fourth-order valence-electron chi connectivity index (χ4n) is 2.85. The zero-order chi connectivity index (χ0) is 22.0. The van der Waals surface area contributed by atoms with Crippen LogP contribution >= 0.6 is 11.8 Å². The first-order valence-electron chi connectivity index (χ1n) is 9.27. The largest absolute Gasteiger partial charge is 0.480 e. The summed E-state index contributed by atoms with van der Waals surface area (Å²) in [5, 5.41) is 25.5. The van der Waals surface area contributed by atoms with Crippen molar-refractivity contribution in [2.45, 2.75) is 56.1 Å². The molecule has 1 rings (SSSR count). The summed E-state index contributed by atoms with van der Waals surface area (Å²) in [5.74, 6) is -2.73. The van der Waals surface area contributed by atoms with Gasteiger partial charge in [0.2, 0.25) is 11.8 Å². The number of carboxylic acids is 2. The zero-order valence-electron chi connectivity index (χ0n) is 16.1. The number of hydrogen-bond acceptors (Lipinski definition) is 8. The zero-order valence-corrected chi connectivity index (χ0v) is 16.9. The lowest BCUT2D eigenvalue weighted by molar-refractivity contribution is -0.142. The van der Waals surface area contributed by atoms with Gasteiger partial charge in [0.05, 0.1) is 11.9 Å². The average Bonchev–Trinajstić information content (AvgIpc) is 2.68. The van der Waals surface area contributed by atoms with E-state index in [1.54, 1.807) is 6.92 Å². The maximum atomic E-state index is 12.1. The fraction of sp³-hybridized carbons (Fsp3) is 0.706. The lowest BCUT2D eigenvalue weighted by Crippen LogP contribution is -2.58. The molecule has 7 N–H and O–H groups in total. The Balaban J connectivity index is 2.44. The molecule has 1 saturated heterocycles. The van der Waals surface area contributed by atoms with Gasteiger partial charge in [-0.2, -0.15) is 0 Å². The van der Waals surface area contributed by atoms with Gasteiger partial charge in [-0.1, -0.05) is 13.3 Å². The Hall–Kier alpha value is -2.18. The van der Waals surface area contributed by atoms with Crippen LogP contribution in [0.15, 0.2) is 0 Å². The first-order valence-corrected chi connectivity index (χ1v) is 10.3.